The molecule has 1 aliphatic rings. The SMILES string of the molecule is CC(C)Nc1sc(C(=O)NC2CC2)c(N)c1OC(C)C. The van der Waals surface area contributed by atoms with E-state index >= 15 is 0 Å². The summed E-state index contributed by atoms with van der Waals surface area (Å²) in [6.07, 6.45) is 2.13. The Morgan fingerprint density at radius 3 is 2.50 bits per heavy atom. The molecule has 6 heteroatoms. The van der Waals surface area contributed by atoms with Crippen LogP contribution in [-0.4, -0.2) is 24.1 Å². The van der Waals surface area contributed by atoms with Gasteiger partial charge in [-0.15, -0.1) is 11.3 Å². The topological polar surface area (TPSA) is 76.4 Å². The van der Waals surface area contributed by atoms with Crippen LogP contribution in [0.15, 0.2) is 0 Å². The predicted octanol–water partition coefficient (Wildman–Crippen LogP) is 2.83. The van der Waals surface area contributed by atoms with Crippen molar-refractivity contribution in [2.75, 3.05) is 11.1 Å². The second kappa shape index (κ2) is 5.91. The van der Waals surface area contributed by atoms with Gasteiger partial charge in [0.1, 0.15) is 15.6 Å². The van der Waals surface area contributed by atoms with Crippen molar-refractivity contribution in [2.24, 2.45) is 0 Å². The van der Waals surface area contributed by atoms with E-state index in [1.165, 1.54) is 11.3 Å². The van der Waals surface area contributed by atoms with Crippen molar-refractivity contribution >= 4 is 27.9 Å². The maximum absolute atomic E-state index is 12.2. The third kappa shape index (κ3) is 3.56. The molecular weight excluding hydrogens is 274 g/mol. The van der Waals surface area contributed by atoms with Crippen LogP contribution in [-0.2, 0) is 0 Å². The third-order valence-corrected chi connectivity index (χ3v) is 3.91. The molecule has 0 aliphatic heterocycles. The van der Waals surface area contributed by atoms with Gasteiger partial charge in [0.25, 0.3) is 5.91 Å². The molecule has 1 aromatic rings. The van der Waals surface area contributed by atoms with E-state index in [1.807, 2.05) is 27.7 Å². The lowest BCUT2D eigenvalue weighted by molar-refractivity contribution is 0.0955. The molecule has 0 aromatic carbocycles. The van der Waals surface area contributed by atoms with Crippen molar-refractivity contribution in [3.63, 3.8) is 0 Å². The molecule has 1 aliphatic carbocycles. The molecular formula is C14H23N3O2S. The molecule has 1 aromatic heterocycles. The first-order chi connectivity index (χ1) is 9.38. The highest BCUT2D eigenvalue weighted by molar-refractivity contribution is 7.19. The van der Waals surface area contributed by atoms with E-state index in [9.17, 15) is 4.79 Å². The summed E-state index contributed by atoms with van der Waals surface area (Å²) in [6, 6.07) is 0.571. The minimum atomic E-state index is -0.0968. The van der Waals surface area contributed by atoms with Crippen molar-refractivity contribution in [1.29, 1.82) is 0 Å². The number of amides is 1. The van der Waals surface area contributed by atoms with Gasteiger partial charge in [0.05, 0.1) is 6.10 Å². The Hall–Kier alpha value is -1.43. The van der Waals surface area contributed by atoms with Crippen molar-refractivity contribution in [3.05, 3.63) is 4.88 Å². The van der Waals surface area contributed by atoms with Gasteiger partial charge < -0.3 is 21.1 Å². The largest absolute Gasteiger partial charge is 0.486 e. The summed E-state index contributed by atoms with van der Waals surface area (Å²) in [5, 5.41) is 7.09. The third-order valence-electron chi connectivity index (χ3n) is 2.79. The smallest absolute Gasteiger partial charge is 0.263 e. The number of carbonyl (C=O) groups excluding carboxylic acids is 1. The second-order valence-corrected chi connectivity index (χ2v) is 6.74. The molecule has 20 heavy (non-hydrogen) atoms. The van der Waals surface area contributed by atoms with Crippen LogP contribution < -0.4 is 21.1 Å². The summed E-state index contributed by atoms with van der Waals surface area (Å²) < 4.78 is 5.77. The molecule has 0 radical (unpaired) electrons. The zero-order valence-electron chi connectivity index (χ0n) is 12.4. The fraction of sp³-hybridized carbons (Fsp3) is 0.643. The molecule has 0 bridgehead atoms. The number of hydrogen-bond acceptors (Lipinski definition) is 5. The molecule has 0 saturated heterocycles. The molecule has 5 nitrogen and oxygen atoms in total. The second-order valence-electron chi connectivity index (χ2n) is 5.72. The first-order valence-electron chi connectivity index (χ1n) is 7.04. The lowest BCUT2D eigenvalue weighted by Gasteiger charge is -2.14. The number of nitrogens with one attached hydrogen (secondary N) is 2. The lowest BCUT2D eigenvalue weighted by atomic mass is 10.3. The van der Waals surface area contributed by atoms with E-state index in [0.29, 0.717) is 22.4 Å². The first kappa shape index (κ1) is 15.0. The van der Waals surface area contributed by atoms with Crippen molar-refractivity contribution < 1.29 is 9.53 Å². The first-order valence-corrected chi connectivity index (χ1v) is 7.86. The zero-order chi connectivity index (χ0) is 14.9. The zero-order valence-corrected chi connectivity index (χ0v) is 13.3. The van der Waals surface area contributed by atoms with Gasteiger partial charge in [-0.05, 0) is 40.5 Å². The lowest BCUT2D eigenvalue weighted by Crippen LogP contribution is -2.25. The molecule has 1 saturated carbocycles. The quantitative estimate of drug-likeness (QED) is 0.754. The maximum atomic E-state index is 12.2. The van der Waals surface area contributed by atoms with E-state index in [0.717, 1.165) is 17.8 Å². The van der Waals surface area contributed by atoms with E-state index in [4.69, 9.17) is 10.5 Å². The highest BCUT2D eigenvalue weighted by Gasteiger charge is 2.28. The minimum Gasteiger partial charge on any atom is -0.486 e. The summed E-state index contributed by atoms with van der Waals surface area (Å²) in [7, 11) is 0. The van der Waals surface area contributed by atoms with Gasteiger partial charge in [0.2, 0.25) is 0 Å². The van der Waals surface area contributed by atoms with Crippen LogP contribution in [0, 0.1) is 0 Å². The number of rotatable bonds is 6. The molecule has 112 valence electrons. The average Bonchev–Trinajstić information content (AvgIpc) is 3.08. The Kier molecular flexibility index (Phi) is 4.42. The number of nitrogens with two attached hydrogens (primary N) is 1. The molecule has 1 amide bonds. The van der Waals surface area contributed by atoms with Gasteiger partial charge >= 0.3 is 0 Å². The predicted molar refractivity (Wildman–Crippen MR) is 83.7 cm³/mol. The van der Waals surface area contributed by atoms with Crippen molar-refractivity contribution in [1.82, 2.24) is 5.32 Å². The van der Waals surface area contributed by atoms with Crippen LogP contribution in [0.4, 0.5) is 10.7 Å². The summed E-state index contributed by atoms with van der Waals surface area (Å²) in [5.74, 6) is 0.500. The Bertz CT molecular complexity index is 493. The van der Waals surface area contributed by atoms with Crippen molar-refractivity contribution in [3.8, 4) is 5.75 Å². The highest BCUT2D eigenvalue weighted by atomic mass is 32.1. The van der Waals surface area contributed by atoms with Crippen LogP contribution >= 0.6 is 11.3 Å². The molecule has 1 fully saturated rings. The Morgan fingerprint density at radius 1 is 1.35 bits per heavy atom. The van der Waals surface area contributed by atoms with E-state index in [-0.39, 0.29) is 18.1 Å². The van der Waals surface area contributed by atoms with E-state index < -0.39 is 0 Å². The van der Waals surface area contributed by atoms with Crippen LogP contribution in [0.25, 0.3) is 0 Å². The van der Waals surface area contributed by atoms with E-state index in [2.05, 4.69) is 10.6 Å². The number of nitrogen functional groups attached to an aromatic ring is 1. The Balaban J connectivity index is 2.26. The molecule has 0 unspecified atom stereocenters. The fourth-order valence-corrected chi connectivity index (χ4v) is 2.89. The normalized spacial score (nSPS) is 14.7. The van der Waals surface area contributed by atoms with Gasteiger partial charge in [-0.2, -0.15) is 0 Å². The van der Waals surface area contributed by atoms with Gasteiger partial charge in [-0.3, -0.25) is 4.79 Å². The summed E-state index contributed by atoms with van der Waals surface area (Å²) in [6.45, 7) is 7.97. The molecule has 0 spiro atoms. The number of ether oxygens (including phenoxy) is 1. The number of thiophene rings is 1. The monoisotopic (exact) mass is 297 g/mol. The number of carbonyl (C=O) groups is 1. The van der Waals surface area contributed by atoms with Crippen LogP contribution in [0.2, 0.25) is 0 Å². The van der Waals surface area contributed by atoms with Gasteiger partial charge in [-0.25, -0.2) is 0 Å². The average molecular weight is 297 g/mol. The summed E-state index contributed by atoms with van der Waals surface area (Å²) >= 11 is 1.36. The highest BCUT2D eigenvalue weighted by Crippen LogP contribution is 2.43. The molecule has 4 N–H and O–H groups in total. The van der Waals surface area contributed by atoms with E-state index in [1.54, 1.807) is 0 Å². The Labute approximate surface area is 123 Å². The minimum absolute atomic E-state index is 0.0129. The van der Waals surface area contributed by atoms with Gasteiger partial charge in [-0.1, -0.05) is 0 Å². The number of hydrogen-bond donors (Lipinski definition) is 3. The van der Waals surface area contributed by atoms with Crippen LogP contribution in [0.1, 0.15) is 50.2 Å². The van der Waals surface area contributed by atoms with Gasteiger partial charge in [0.15, 0.2) is 5.75 Å². The van der Waals surface area contributed by atoms with Gasteiger partial charge in [0, 0.05) is 12.1 Å². The van der Waals surface area contributed by atoms with Crippen molar-refractivity contribution in [2.45, 2.75) is 58.7 Å². The molecule has 2 rings (SSSR count). The maximum Gasteiger partial charge on any atom is 0.263 e. The Morgan fingerprint density at radius 2 is 2.00 bits per heavy atom. The molecule has 1 heterocycles. The summed E-state index contributed by atoms with van der Waals surface area (Å²) in [5.41, 5.74) is 6.54. The molecule has 0 atom stereocenters. The fourth-order valence-electron chi connectivity index (χ4n) is 1.79. The standard InChI is InChI=1S/C14H23N3O2S/c1-7(2)16-14-11(19-8(3)4)10(15)12(20-14)13(18)17-9-5-6-9/h7-9,16H,5-6,15H2,1-4H3,(H,17,18). The van der Waals surface area contributed by atoms with Crippen LogP contribution in [0.3, 0.4) is 0 Å². The number of anilines is 2. The van der Waals surface area contributed by atoms with Crippen LogP contribution in [0.5, 0.6) is 5.75 Å². The summed E-state index contributed by atoms with van der Waals surface area (Å²) in [4.78, 5) is 12.7.